The number of anilines is 1. The molecule has 0 aliphatic carbocycles. The number of nitrogens with one attached hydrogen (secondary N) is 1. The van der Waals surface area contributed by atoms with E-state index in [0.29, 0.717) is 0 Å². The van der Waals surface area contributed by atoms with E-state index in [9.17, 15) is 18.0 Å². The Labute approximate surface area is 108 Å². The Balaban J connectivity index is 2.97. The normalized spacial score (nSPS) is 13.2. The lowest BCUT2D eigenvalue weighted by Gasteiger charge is -2.21. The summed E-state index contributed by atoms with van der Waals surface area (Å²) in [6.07, 6.45) is -4.83. The number of carboxylic acids is 1. The standard InChI is InChI=1S/C12H14F3NO3/c1-7(2)10(11(17)18)16-8-5-3-4-6-9(8)19-12(13,14)15/h3-7,10,16H,1-2H3,(H,17,18). The summed E-state index contributed by atoms with van der Waals surface area (Å²) in [5.74, 6) is -1.89. The highest BCUT2D eigenvalue weighted by atomic mass is 19.4. The summed E-state index contributed by atoms with van der Waals surface area (Å²) in [6, 6.07) is 4.31. The van der Waals surface area contributed by atoms with Gasteiger partial charge in [0.1, 0.15) is 6.04 Å². The first kappa shape index (κ1) is 15.1. The van der Waals surface area contributed by atoms with Crippen molar-refractivity contribution < 1.29 is 27.8 Å². The number of halogens is 3. The van der Waals surface area contributed by atoms with E-state index in [-0.39, 0.29) is 11.6 Å². The Bertz CT molecular complexity index is 446. The van der Waals surface area contributed by atoms with E-state index in [1.165, 1.54) is 18.2 Å². The van der Waals surface area contributed by atoms with Crippen LogP contribution in [-0.2, 0) is 4.79 Å². The molecule has 1 unspecified atom stereocenters. The maximum absolute atomic E-state index is 12.2. The van der Waals surface area contributed by atoms with Crippen molar-refractivity contribution in [1.82, 2.24) is 0 Å². The van der Waals surface area contributed by atoms with Crippen LogP contribution in [0, 0.1) is 5.92 Å². The Kier molecular flexibility index (Phi) is 4.63. The fraction of sp³-hybridized carbons (Fsp3) is 0.417. The lowest BCUT2D eigenvalue weighted by Crippen LogP contribution is -2.34. The maximum atomic E-state index is 12.2. The average Bonchev–Trinajstić information content (AvgIpc) is 2.24. The summed E-state index contributed by atoms with van der Waals surface area (Å²) < 4.78 is 40.5. The molecule has 0 saturated carbocycles. The van der Waals surface area contributed by atoms with Crippen molar-refractivity contribution in [3.63, 3.8) is 0 Å². The quantitative estimate of drug-likeness (QED) is 0.868. The van der Waals surface area contributed by atoms with Crippen molar-refractivity contribution in [2.75, 3.05) is 5.32 Å². The number of alkyl halides is 3. The van der Waals surface area contributed by atoms with E-state index in [1.54, 1.807) is 13.8 Å². The number of carbonyl (C=O) groups is 1. The molecular formula is C12H14F3NO3. The van der Waals surface area contributed by atoms with Crippen molar-refractivity contribution in [2.24, 2.45) is 5.92 Å². The van der Waals surface area contributed by atoms with Gasteiger partial charge in [0.25, 0.3) is 0 Å². The molecule has 19 heavy (non-hydrogen) atoms. The average molecular weight is 277 g/mol. The number of para-hydroxylation sites is 2. The van der Waals surface area contributed by atoms with E-state index >= 15 is 0 Å². The Morgan fingerprint density at radius 1 is 1.32 bits per heavy atom. The van der Waals surface area contributed by atoms with Gasteiger partial charge in [-0.1, -0.05) is 26.0 Å². The number of benzene rings is 1. The van der Waals surface area contributed by atoms with E-state index < -0.39 is 24.1 Å². The van der Waals surface area contributed by atoms with Crippen LogP contribution < -0.4 is 10.1 Å². The van der Waals surface area contributed by atoms with Crippen molar-refractivity contribution in [1.29, 1.82) is 0 Å². The van der Waals surface area contributed by atoms with Crippen LogP contribution in [0.2, 0.25) is 0 Å². The van der Waals surface area contributed by atoms with Gasteiger partial charge in [-0.3, -0.25) is 0 Å². The van der Waals surface area contributed by atoms with Gasteiger partial charge in [-0.15, -0.1) is 13.2 Å². The maximum Gasteiger partial charge on any atom is 0.573 e. The molecular weight excluding hydrogens is 263 g/mol. The number of aliphatic carboxylic acids is 1. The highest BCUT2D eigenvalue weighted by Gasteiger charge is 2.32. The summed E-state index contributed by atoms with van der Waals surface area (Å²) >= 11 is 0. The van der Waals surface area contributed by atoms with Gasteiger partial charge in [0.15, 0.2) is 5.75 Å². The lowest BCUT2D eigenvalue weighted by atomic mass is 10.0. The minimum atomic E-state index is -4.83. The zero-order chi connectivity index (χ0) is 14.6. The molecule has 0 saturated heterocycles. The first-order chi connectivity index (χ1) is 8.70. The van der Waals surface area contributed by atoms with E-state index in [4.69, 9.17) is 5.11 Å². The summed E-state index contributed by atoms with van der Waals surface area (Å²) in [5.41, 5.74) is -0.0130. The van der Waals surface area contributed by atoms with Gasteiger partial charge in [0, 0.05) is 0 Å². The van der Waals surface area contributed by atoms with Crippen molar-refractivity contribution in [2.45, 2.75) is 26.3 Å². The second-order valence-corrected chi connectivity index (χ2v) is 4.25. The highest BCUT2D eigenvalue weighted by Crippen LogP contribution is 2.30. The van der Waals surface area contributed by atoms with Gasteiger partial charge in [-0.25, -0.2) is 4.79 Å². The number of carboxylic acid groups (broad SMARTS) is 1. The molecule has 2 N–H and O–H groups in total. The van der Waals surface area contributed by atoms with Crippen LogP contribution in [0.5, 0.6) is 5.75 Å². The topological polar surface area (TPSA) is 58.6 Å². The third kappa shape index (κ3) is 4.69. The first-order valence-corrected chi connectivity index (χ1v) is 5.55. The summed E-state index contributed by atoms with van der Waals surface area (Å²) in [4.78, 5) is 11.0. The molecule has 0 bridgehead atoms. The third-order valence-electron chi connectivity index (χ3n) is 2.36. The smallest absolute Gasteiger partial charge is 0.480 e. The number of hydrogen-bond donors (Lipinski definition) is 2. The second-order valence-electron chi connectivity index (χ2n) is 4.25. The van der Waals surface area contributed by atoms with Gasteiger partial charge < -0.3 is 15.2 Å². The van der Waals surface area contributed by atoms with Crippen LogP contribution in [0.15, 0.2) is 24.3 Å². The molecule has 0 spiro atoms. The van der Waals surface area contributed by atoms with Crippen molar-refractivity contribution in [3.05, 3.63) is 24.3 Å². The molecule has 0 aliphatic rings. The van der Waals surface area contributed by atoms with E-state index in [1.807, 2.05) is 0 Å². The van der Waals surface area contributed by atoms with Crippen LogP contribution in [0.3, 0.4) is 0 Å². The minimum absolute atomic E-state index is 0.0130. The summed E-state index contributed by atoms with van der Waals surface area (Å²) in [6.45, 7) is 3.30. The molecule has 0 aromatic heterocycles. The van der Waals surface area contributed by atoms with Crippen molar-refractivity contribution in [3.8, 4) is 5.75 Å². The number of rotatable bonds is 5. The van der Waals surface area contributed by atoms with Gasteiger partial charge in [-0.2, -0.15) is 0 Å². The molecule has 0 radical (unpaired) electrons. The summed E-state index contributed by atoms with van der Waals surface area (Å²) in [7, 11) is 0. The molecule has 106 valence electrons. The molecule has 1 rings (SSSR count). The largest absolute Gasteiger partial charge is 0.573 e. The van der Waals surface area contributed by atoms with Gasteiger partial charge in [0.05, 0.1) is 5.69 Å². The third-order valence-corrected chi connectivity index (χ3v) is 2.36. The molecule has 4 nitrogen and oxygen atoms in total. The lowest BCUT2D eigenvalue weighted by molar-refractivity contribution is -0.274. The predicted octanol–water partition coefficient (Wildman–Crippen LogP) is 3.11. The zero-order valence-electron chi connectivity index (χ0n) is 10.4. The van der Waals surface area contributed by atoms with Gasteiger partial charge >= 0.3 is 12.3 Å². The van der Waals surface area contributed by atoms with Crippen LogP contribution in [0.4, 0.5) is 18.9 Å². The molecule has 0 fully saturated rings. The highest BCUT2D eigenvalue weighted by molar-refractivity contribution is 5.78. The van der Waals surface area contributed by atoms with Gasteiger partial charge in [-0.05, 0) is 18.1 Å². The fourth-order valence-electron chi connectivity index (χ4n) is 1.48. The minimum Gasteiger partial charge on any atom is -0.480 e. The molecule has 1 aromatic carbocycles. The SMILES string of the molecule is CC(C)C(Nc1ccccc1OC(F)(F)F)C(=O)O. The first-order valence-electron chi connectivity index (χ1n) is 5.55. The monoisotopic (exact) mass is 277 g/mol. The fourth-order valence-corrected chi connectivity index (χ4v) is 1.48. The summed E-state index contributed by atoms with van der Waals surface area (Å²) in [5, 5.41) is 11.5. The Hall–Kier alpha value is -1.92. The van der Waals surface area contributed by atoms with E-state index in [2.05, 4.69) is 10.1 Å². The van der Waals surface area contributed by atoms with Crippen LogP contribution >= 0.6 is 0 Å². The molecule has 0 amide bonds. The Morgan fingerprint density at radius 2 is 1.89 bits per heavy atom. The Morgan fingerprint density at radius 3 is 2.37 bits per heavy atom. The number of hydrogen-bond acceptors (Lipinski definition) is 3. The predicted molar refractivity (Wildman–Crippen MR) is 63.0 cm³/mol. The van der Waals surface area contributed by atoms with Crippen LogP contribution in [0.1, 0.15) is 13.8 Å². The molecule has 1 aromatic rings. The zero-order valence-corrected chi connectivity index (χ0v) is 10.4. The molecule has 7 heteroatoms. The van der Waals surface area contributed by atoms with E-state index in [0.717, 1.165) is 6.07 Å². The second kappa shape index (κ2) is 5.81. The molecule has 1 atom stereocenters. The van der Waals surface area contributed by atoms with Crippen LogP contribution in [0.25, 0.3) is 0 Å². The molecule has 0 heterocycles. The van der Waals surface area contributed by atoms with Crippen LogP contribution in [-0.4, -0.2) is 23.5 Å². The van der Waals surface area contributed by atoms with Gasteiger partial charge in [0.2, 0.25) is 0 Å². The molecule has 0 aliphatic heterocycles. The number of ether oxygens (including phenoxy) is 1. The van der Waals surface area contributed by atoms with Crippen molar-refractivity contribution >= 4 is 11.7 Å².